The minimum Gasteiger partial charge on any atom is -0.381 e. The van der Waals surface area contributed by atoms with Gasteiger partial charge in [-0.3, -0.25) is 0 Å². The van der Waals surface area contributed by atoms with Crippen LogP contribution in [0.4, 0.5) is 0 Å². The molecule has 1 fully saturated rings. The van der Waals surface area contributed by atoms with Crippen molar-refractivity contribution in [1.82, 2.24) is 10.6 Å². The Morgan fingerprint density at radius 1 is 1.60 bits per heavy atom. The highest BCUT2D eigenvalue weighted by atomic mass is 32.1. The molecule has 1 aliphatic heterocycles. The monoisotopic (exact) mass is 230 g/mol. The molecule has 1 aliphatic rings. The van der Waals surface area contributed by atoms with Crippen molar-refractivity contribution < 1.29 is 4.74 Å². The summed E-state index contributed by atoms with van der Waals surface area (Å²) in [5.74, 6) is 0.607. The predicted octanol–water partition coefficient (Wildman–Crippen LogP) is 1.68. The Kier molecular flexibility index (Phi) is 5.95. The molecule has 1 rings (SSSR count). The first-order valence-corrected chi connectivity index (χ1v) is 6.27. The summed E-state index contributed by atoms with van der Waals surface area (Å²) in [5.41, 5.74) is 0. The second-order valence-corrected chi connectivity index (χ2v) is 4.57. The van der Waals surface area contributed by atoms with Gasteiger partial charge in [0.15, 0.2) is 5.11 Å². The lowest BCUT2D eigenvalue weighted by Crippen LogP contribution is -2.44. The third-order valence-corrected chi connectivity index (χ3v) is 3.11. The Bertz CT molecular complexity index is 193. The minimum atomic E-state index is 0.411. The minimum absolute atomic E-state index is 0.411. The molecule has 1 heterocycles. The predicted molar refractivity (Wildman–Crippen MR) is 67.0 cm³/mol. The van der Waals surface area contributed by atoms with Crippen LogP contribution in [-0.4, -0.2) is 30.9 Å². The maximum atomic E-state index is 5.35. The number of nitrogens with one attached hydrogen (secondary N) is 2. The summed E-state index contributed by atoms with van der Waals surface area (Å²) in [4.78, 5) is 0. The fourth-order valence-electron chi connectivity index (χ4n) is 1.70. The van der Waals surface area contributed by atoms with Crippen molar-refractivity contribution in [3.63, 3.8) is 0 Å². The average Bonchev–Trinajstić information content (AvgIpc) is 2.70. The van der Waals surface area contributed by atoms with Gasteiger partial charge in [-0.15, -0.1) is 0 Å². The third-order valence-electron chi connectivity index (χ3n) is 2.85. The summed E-state index contributed by atoms with van der Waals surface area (Å²) in [6.45, 7) is 7.08. The molecule has 0 aliphatic carbocycles. The molecule has 0 aromatic heterocycles. The zero-order valence-electron chi connectivity index (χ0n) is 9.71. The molecule has 0 radical (unpaired) electrons. The fraction of sp³-hybridized carbons (Fsp3) is 0.909. The van der Waals surface area contributed by atoms with Crippen molar-refractivity contribution in [2.75, 3.05) is 19.8 Å². The van der Waals surface area contributed by atoms with E-state index in [0.29, 0.717) is 12.0 Å². The van der Waals surface area contributed by atoms with Gasteiger partial charge in [0, 0.05) is 25.1 Å². The van der Waals surface area contributed by atoms with Crippen LogP contribution in [0.1, 0.15) is 33.1 Å². The van der Waals surface area contributed by atoms with E-state index in [0.717, 1.165) is 31.3 Å². The highest BCUT2D eigenvalue weighted by Crippen LogP contribution is 2.16. The molecule has 0 saturated carbocycles. The number of ether oxygens (including phenoxy) is 1. The molecule has 2 unspecified atom stereocenters. The molecular formula is C11H22N2OS. The van der Waals surface area contributed by atoms with Crippen molar-refractivity contribution in [2.24, 2.45) is 5.92 Å². The SMILES string of the molecule is CCCCNC(=S)NC(C)C1CCOC1. The van der Waals surface area contributed by atoms with E-state index in [4.69, 9.17) is 17.0 Å². The smallest absolute Gasteiger partial charge is 0.166 e. The highest BCUT2D eigenvalue weighted by molar-refractivity contribution is 7.80. The second-order valence-electron chi connectivity index (χ2n) is 4.17. The van der Waals surface area contributed by atoms with Crippen molar-refractivity contribution in [1.29, 1.82) is 0 Å². The molecule has 0 aromatic rings. The van der Waals surface area contributed by atoms with Crippen LogP contribution in [0.25, 0.3) is 0 Å². The zero-order chi connectivity index (χ0) is 11.1. The van der Waals surface area contributed by atoms with E-state index in [1.54, 1.807) is 0 Å². The van der Waals surface area contributed by atoms with Crippen molar-refractivity contribution in [3.05, 3.63) is 0 Å². The maximum absolute atomic E-state index is 5.35. The molecule has 3 nitrogen and oxygen atoms in total. The first-order valence-electron chi connectivity index (χ1n) is 5.86. The summed E-state index contributed by atoms with van der Waals surface area (Å²) >= 11 is 5.22. The first kappa shape index (κ1) is 12.7. The zero-order valence-corrected chi connectivity index (χ0v) is 10.5. The summed E-state index contributed by atoms with van der Waals surface area (Å²) < 4.78 is 5.35. The van der Waals surface area contributed by atoms with Crippen molar-refractivity contribution in [3.8, 4) is 0 Å². The lowest BCUT2D eigenvalue weighted by Gasteiger charge is -2.21. The van der Waals surface area contributed by atoms with Crippen LogP contribution in [0.15, 0.2) is 0 Å². The summed E-state index contributed by atoms with van der Waals surface area (Å²) in [5, 5.41) is 7.32. The maximum Gasteiger partial charge on any atom is 0.166 e. The van der Waals surface area contributed by atoms with E-state index in [1.807, 2.05) is 0 Å². The Hall–Kier alpha value is -0.350. The molecule has 88 valence electrons. The number of thiocarbonyl (C=S) groups is 1. The molecule has 0 aromatic carbocycles. The van der Waals surface area contributed by atoms with Gasteiger partial charge in [-0.05, 0) is 32.0 Å². The number of unbranched alkanes of at least 4 members (excludes halogenated alkanes) is 1. The summed E-state index contributed by atoms with van der Waals surface area (Å²) in [7, 11) is 0. The Labute approximate surface area is 98.0 Å². The second kappa shape index (κ2) is 7.01. The highest BCUT2D eigenvalue weighted by Gasteiger charge is 2.22. The number of rotatable bonds is 5. The van der Waals surface area contributed by atoms with Crippen LogP contribution >= 0.6 is 12.2 Å². The van der Waals surface area contributed by atoms with Gasteiger partial charge in [0.1, 0.15) is 0 Å². The van der Waals surface area contributed by atoms with Gasteiger partial charge in [0.25, 0.3) is 0 Å². The summed E-state index contributed by atoms with van der Waals surface area (Å²) in [6.07, 6.45) is 3.51. The Morgan fingerprint density at radius 3 is 3.00 bits per heavy atom. The standard InChI is InChI=1S/C11H22N2OS/c1-3-4-6-12-11(15)13-9(2)10-5-7-14-8-10/h9-10H,3-8H2,1-2H3,(H2,12,13,15). The molecule has 2 atom stereocenters. The normalized spacial score (nSPS) is 22.4. The third kappa shape index (κ3) is 4.80. The van der Waals surface area contributed by atoms with E-state index >= 15 is 0 Å². The van der Waals surface area contributed by atoms with Gasteiger partial charge in [-0.1, -0.05) is 13.3 Å². The van der Waals surface area contributed by atoms with Crippen molar-refractivity contribution >= 4 is 17.3 Å². The average molecular weight is 230 g/mol. The molecular weight excluding hydrogens is 208 g/mol. The Balaban J connectivity index is 2.13. The Morgan fingerprint density at radius 2 is 2.40 bits per heavy atom. The lowest BCUT2D eigenvalue weighted by atomic mass is 10.0. The fourth-order valence-corrected chi connectivity index (χ4v) is 1.99. The van der Waals surface area contributed by atoms with E-state index < -0.39 is 0 Å². The van der Waals surface area contributed by atoms with Crippen LogP contribution in [0.5, 0.6) is 0 Å². The van der Waals surface area contributed by atoms with Crippen LogP contribution < -0.4 is 10.6 Å². The van der Waals surface area contributed by atoms with Crippen molar-refractivity contribution in [2.45, 2.75) is 39.2 Å². The van der Waals surface area contributed by atoms with Gasteiger partial charge in [-0.2, -0.15) is 0 Å². The van der Waals surface area contributed by atoms with Crippen LogP contribution in [0.3, 0.4) is 0 Å². The number of hydrogen-bond acceptors (Lipinski definition) is 2. The topological polar surface area (TPSA) is 33.3 Å². The van der Waals surface area contributed by atoms with Gasteiger partial charge in [0.05, 0.1) is 6.61 Å². The van der Waals surface area contributed by atoms with E-state index in [9.17, 15) is 0 Å². The van der Waals surface area contributed by atoms with Crippen LogP contribution in [0.2, 0.25) is 0 Å². The first-order chi connectivity index (χ1) is 7.24. The van der Waals surface area contributed by atoms with E-state index in [-0.39, 0.29) is 0 Å². The number of hydrogen-bond donors (Lipinski definition) is 2. The van der Waals surface area contributed by atoms with Gasteiger partial charge in [0.2, 0.25) is 0 Å². The largest absolute Gasteiger partial charge is 0.381 e. The van der Waals surface area contributed by atoms with Gasteiger partial charge >= 0.3 is 0 Å². The molecule has 0 spiro atoms. The summed E-state index contributed by atoms with van der Waals surface area (Å²) in [6, 6.07) is 0.411. The van der Waals surface area contributed by atoms with E-state index in [1.165, 1.54) is 12.8 Å². The molecule has 2 N–H and O–H groups in total. The lowest BCUT2D eigenvalue weighted by molar-refractivity contribution is 0.180. The van der Waals surface area contributed by atoms with E-state index in [2.05, 4.69) is 24.5 Å². The molecule has 1 saturated heterocycles. The molecule has 15 heavy (non-hydrogen) atoms. The molecule has 0 bridgehead atoms. The van der Waals surface area contributed by atoms with Gasteiger partial charge in [-0.25, -0.2) is 0 Å². The quantitative estimate of drug-likeness (QED) is 0.556. The van der Waals surface area contributed by atoms with Gasteiger partial charge < -0.3 is 15.4 Å². The molecule has 4 heteroatoms. The molecule has 0 amide bonds. The van der Waals surface area contributed by atoms with Crippen LogP contribution in [-0.2, 0) is 4.74 Å². The van der Waals surface area contributed by atoms with Crippen LogP contribution in [0, 0.1) is 5.92 Å².